The molecule has 27 heavy (non-hydrogen) atoms. The summed E-state index contributed by atoms with van der Waals surface area (Å²) in [5.74, 6) is 0.878. The van der Waals surface area contributed by atoms with Crippen molar-refractivity contribution in [3.8, 4) is 0 Å². The Hall–Kier alpha value is -1.79. The summed E-state index contributed by atoms with van der Waals surface area (Å²) in [7, 11) is 0. The van der Waals surface area contributed by atoms with Crippen LogP contribution in [-0.2, 0) is 0 Å². The number of nitrogens with one attached hydrogen (secondary N) is 1. The Morgan fingerprint density at radius 1 is 1.22 bits per heavy atom. The van der Waals surface area contributed by atoms with E-state index in [2.05, 4.69) is 15.2 Å². The van der Waals surface area contributed by atoms with Crippen LogP contribution in [0.25, 0.3) is 0 Å². The summed E-state index contributed by atoms with van der Waals surface area (Å²) in [6.07, 6.45) is 10.9. The highest BCUT2D eigenvalue weighted by molar-refractivity contribution is 7.99. The topological polar surface area (TPSA) is 58.4 Å². The second-order valence-corrected chi connectivity index (χ2v) is 8.65. The van der Waals surface area contributed by atoms with Gasteiger partial charge in [0, 0.05) is 18.0 Å². The fraction of sp³-hybridized carbons (Fsp3) is 0.524. The lowest BCUT2D eigenvalue weighted by Gasteiger charge is -2.26. The number of hydrogen-bond donors (Lipinski definition) is 1. The third-order valence-corrected chi connectivity index (χ3v) is 6.86. The van der Waals surface area contributed by atoms with Crippen LogP contribution in [0.1, 0.15) is 60.7 Å². The van der Waals surface area contributed by atoms with Gasteiger partial charge in [-0.3, -0.25) is 9.69 Å². The van der Waals surface area contributed by atoms with Gasteiger partial charge >= 0.3 is 0 Å². The predicted octanol–water partition coefficient (Wildman–Crippen LogP) is 4.28. The van der Waals surface area contributed by atoms with Crippen LogP contribution in [0.2, 0.25) is 0 Å². The Labute approximate surface area is 164 Å². The van der Waals surface area contributed by atoms with Gasteiger partial charge in [-0.2, -0.15) is 0 Å². The monoisotopic (exact) mass is 385 g/mol. The van der Waals surface area contributed by atoms with E-state index in [1.807, 2.05) is 24.3 Å². The molecule has 2 aromatic rings. The number of rotatable bonds is 7. The van der Waals surface area contributed by atoms with Gasteiger partial charge in [-0.25, -0.2) is 4.98 Å². The molecule has 1 aliphatic heterocycles. The van der Waals surface area contributed by atoms with E-state index in [1.54, 1.807) is 24.2 Å². The zero-order chi connectivity index (χ0) is 18.5. The molecule has 2 fully saturated rings. The Balaban J connectivity index is 1.43. The van der Waals surface area contributed by atoms with E-state index in [0.717, 1.165) is 23.9 Å². The number of carbonyl (C=O) groups excluding carboxylic acids is 1. The van der Waals surface area contributed by atoms with Crippen molar-refractivity contribution in [1.29, 1.82) is 0 Å². The van der Waals surface area contributed by atoms with Crippen molar-refractivity contribution in [2.24, 2.45) is 0 Å². The lowest BCUT2D eigenvalue weighted by molar-refractivity contribution is 0.0930. The van der Waals surface area contributed by atoms with Crippen LogP contribution in [0.15, 0.2) is 46.2 Å². The molecule has 2 aromatic heterocycles. The highest BCUT2D eigenvalue weighted by atomic mass is 32.2. The van der Waals surface area contributed by atoms with E-state index < -0.39 is 0 Å². The van der Waals surface area contributed by atoms with Crippen LogP contribution in [0, 0.1) is 0 Å². The minimum atomic E-state index is -0.0423. The summed E-state index contributed by atoms with van der Waals surface area (Å²) < 4.78 is 5.65. The van der Waals surface area contributed by atoms with E-state index in [1.165, 1.54) is 38.5 Å². The third-order valence-electron chi connectivity index (χ3n) is 5.51. The SMILES string of the molecule is O=C(NCC(c1ccco1)N1CCCC1)c1cccnc1SC1CCCC1. The van der Waals surface area contributed by atoms with Crippen LogP contribution in [-0.4, -0.2) is 40.7 Å². The van der Waals surface area contributed by atoms with Gasteiger partial charge in [0.15, 0.2) is 0 Å². The normalized spacial score (nSPS) is 19.4. The average molecular weight is 386 g/mol. The number of pyridine rings is 1. The number of hydrogen-bond acceptors (Lipinski definition) is 5. The summed E-state index contributed by atoms with van der Waals surface area (Å²) in [5, 5.41) is 4.58. The van der Waals surface area contributed by atoms with Gasteiger partial charge in [-0.15, -0.1) is 11.8 Å². The lowest BCUT2D eigenvalue weighted by Crippen LogP contribution is -2.36. The quantitative estimate of drug-likeness (QED) is 0.771. The standard InChI is InChI=1S/C21H27N3O2S/c25-20(17-9-5-11-22-21(17)27-16-7-1-2-8-16)23-15-18(19-10-6-14-26-19)24-12-3-4-13-24/h5-6,9-11,14,16,18H,1-4,7-8,12-13,15H2,(H,23,25). The van der Waals surface area contributed by atoms with Gasteiger partial charge in [0.05, 0.1) is 17.9 Å². The molecule has 3 heterocycles. The number of amides is 1. The third kappa shape index (κ3) is 4.55. The molecule has 2 aliphatic rings. The first-order chi connectivity index (χ1) is 13.3. The molecule has 1 atom stereocenters. The number of likely N-dealkylation sites (tertiary alicyclic amines) is 1. The van der Waals surface area contributed by atoms with Crippen molar-refractivity contribution in [3.05, 3.63) is 48.0 Å². The van der Waals surface area contributed by atoms with E-state index in [0.29, 0.717) is 17.4 Å². The molecule has 1 saturated carbocycles. The molecule has 1 amide bonds. The fourth-order valence-corrected chi connectivity index (χ4v) is 5.34. The molecule has 0 bridgehead atoms. The average Bonchev–Trinajstić information content (AvgIpc) is 3.46. The maximum atomic E-state index is 12.9. The highest BCUT2D eigenvalue weighted by Crippen LogP contribution is 2.35. The molecular formula is C21H27N3O2S. The summed E-state index contributed by atoms with van der Waals surface area (Å²) >= 11 is 1.76. The van der Waals surface area contributed by atoms with Crippen LogP contribution in [0.3, 0.4) is 0 Å². The zero-order valence-electron chi connectivity index (χ0n) is 15.6. The maximum absolute atomic E-state index is 12.9. The van der Waals surface area contributed by atoms with E-state index >= 15 is 0 Å². The zero-order valence-corrected chi connectivity index (χ0v) is 16.4. The number of nitrogens with zero attached hydrogens (tertiary/aromatic N) is 2. The lowest BCUT2D eigenvalue weighted by atomic mass is 10.2. The number of carbonyl (C=O) groups is 1. The molecular weight excluding hydrogens is 358 g/mol. The summed E-state index contributed by atoms with van der Waals surface area (Å²) in [4.78, 5) is 19.8. The fourth-order valence-electron chi connectivity index (χ4n) is 4.05. The molecule has 1 unspecified atom stereocenters. The van der Waals surface area contributed by atoms with Gasteiger partial charge in [-0.1, -0.05) is 12.8 Å². The Bertz CT molecular complexity index is 738. The second-order valence-electron chi connectivity index (χ2n) is 7.36. The predicted molar refractivity (Wildman–Crippen MR) is 107 cm³/mol. The van der Waals surface area contributed by atoms with Gasteiger partial charge in [0.1, 0.15) is 10.8 Å². The van der Waals surface area contributed by atoms with Crippen LogP contribution in [0.5, 0.6) is 0 Å². The highest BCUT2D eigenvalue weighted by Gasteiger charge is 2.27. The van der Waals surface area contributed by atoms with E-state index in [4.69, 9.17) is 4.42 Å². The van der Waals surface area contributed by atoms with Gasteiger partial charge in [0.25, 0.3) is 5.91 Å². The summed E-state index contributed by atoms with van der Waals surface area (Å²) in [5.41, 5.74) is 0.689. The van der Waals surface area contributed by atoms with Gasteiger partial charge < -0.3 is 9.73 Å². The largest absolute Gasteiger partial charge is 0.468 e. The minimum Gasteiger partial charge on any atom is -0.468 e. The van der Waals surface area contributed by atoms with Crippen molar-refractivity contribution >= 4 is 17.7 Å². The van der Waals surface area contributed by atoms with Crippen LogP contribution in [0.4, 0.5) is 0 Å². The van der Waals surface area contributed by atoms with Crippen LogP contribution >= 0.6 is 11.8 Å². The molecule has 0 spiro atoms. The number of furan rings is 1. The van der Waals surface area contributed by atoms with Crippen molar-refractivity contribution in [3.63, 3.8) is 0 Å². The molecule has 1 saturated heterocycles. The first-order valence-corrected chi connectivity index (χ1v) is 10.9. The number of aromatic nitrogens is 1. The van der Waals surface area contributed by atoms with Crippen molar-refractivity contribution in [2.45, 2.75) is 54.8 Å². The molecule has 6 heteroatoms. The molecule has 0 radical (unpaired) electrons. The van der Waals surface area contributed by atoms with Crippen LogP contribution < -0.4 is 5.32 Å². The minimum absolute atomic E-state index is 0.0423. The molecule has 144 valence electrons. The smallest absolute Gasteiger partial charge is 0.254 e. The first-order valence-electron chi connectivity index (χ1n) is 9.98. The molecule has 0 aromatic carbocycles. The van der Waals surface area contributed by atoms with Gasteiger partial charge in [-0.05, 0) is 63.0 Å². The van der Waals surface area contributed by atoms with Gasteiger partial charge in [0.2, 0.25) is 0 Å². The van der Waals surface area contributed by atoms with Crippen molar-refractivity contribution in [2.75, 3.05) is 19.6 Å². The Morgan fingerprint density at radius 3 is 2.78 bits per heavy atom. The van der Waals surface area contributed by atoms with E-state index in [9.17, 15) is 4.79 Å². The Morgan fingerprint density at radius 2 is 2.04 bits per heavy atom. The summed E-state index contributed by atoms with van der Waals surface area (Å²) in [6, 6.07) is 7.74. The number of thioether (sulfide) groups is 1. The summed E-state index contributed by atoms with van der Waals surface area (Å²) in [6.45, 7) is 2.66. The van der Waals surface area contributed by atoms with Crippen molar-refractivity contribution < 1.29 is 9.21 Å². The molecule has 5 nitrogen and oxygen atoms in total. The molecule has 1 N–H and O–H groups in total. The molecule has 4 rings (SSSR count). The maximum Gasteiger partial charge on any atom is 0.254 e. The second kappa shape index (κ2) is 8.93. The Kier molecular flexibility index (Phi) is 6.14. The van der Waals surface area contributed by atoms with Crippen molar-refractivity contribution in [1.82, 2.24) is 15.2 Å². The van der Waals surface area contributed by atoms with E-state index in [-0.39, 0.29) is 11.9 Å². The molecule has 1 aliphatic carbocycles. The first kappa shape index (κ1) is 18.6.